The van der Waals surface area contributed by atoms with Gasteiger partial charge in [0.1, 0.15) is 0 Å². The van der Waals surface area contributed by atoms with E-state index < -0.39 is 0 Å². The molecule has 0 bridgehead atoms. The molecule has 2 aliphatic heterocycles. The molecule has 2 fully saturated rings. The molecule has 1 N–H and O–H groups in total. The number of piperidine rings is 1. The number of anilines is 2. The molecule has 4 aromatic rings. The maximum atomic E-state index is 7.06. The topological polar surface area (TPSA) is 36.3 Å². The van der Waals surface area contributed by atoms with Crippen molar-refractivity contribution in [1.29, 1.82) is 0 Å². The van der Waals surface area contributed by atoms with E-state index in [0.717, 1.165) is 35.2 Å². The molecule has 2 aromatic carbocycles. The van der Waals surface area contributed by atoms with Crippen molar-refractivity contribution in [2.45, 2.75) is 60.0 Å². The van der Waals surface area contributed by atoms with Crippen LogP contribution < -0.4 is 15.1 Å². The smallest absolute Gasteiger partial charge is 0.174 e. The van der Waals surface area contributed by atoms with E-state index in [1.165, 1.54) is 40.2 Å². The minimum Gasteiger partial charge on any atom is -0.370 e. The normalized spacial score (nSPS) is 22.5. The van der Waals surface area contributed by atoms with Crippen LogP contribution in [0.3, 0.4) is 0 Å². The van der Waals surface area contributed by atoms with Crippen molar-refractivity contribution in [3.63, 3.8) is 0 Å². The second kappa shape index (κ2) is 11.4. The summed E-state index contributed by atoms with van der Waals surface area (Å²) in [7, 11) is 0. The second-order valence-corrected chi connectivity index (χ2v) is 13.2. The van der Waals surface area contributed by atoms with Gasteiger partial charge < -0.3 is 19.7 Å². The zero-order valence-corrected chi connectivity index (χ0v) is 26.9. The van der Waals surface area contributed by atoms with E-state index in [0.29, 0.717) is 16.9 Å². The number of aromatic nitrogens is 2. The van der Waals surface area contributed by atoms with Crippen molar-refractivity contribution < 1.29 is 0 Å². The molecule has 4 heterocycles. The second-order valence-electron chi connectivity index (χ2n) is 12.4. The van der Waals surface area contributed by atoms with E-state index in [1.54, 1.807) is 0 Å². The molecule has 6 rings (SSSR count). The van der Waals surface area contributed by atoms with Crippen LogP contribution in [0.5, 0.6) is 0 Å². The number of thiocarbonyl (C=S) groups is 1. The minimum absolute atomic E-state index is 0.102. The first-order chi connectivity index (χ1) is 20.1. The van der Waals surface area contributed by atoms with Crippen LogP contribution in [0.2, 0.25) is 5.02 Å². The van der Waals surface area contributed by atoms with Crippen LogP contribution in [-0.4, -0.2) is 27.8 Å². The Morgan fingerprint density at radius 3 is 2.36 bits per heavy atom. The molecule has 218 valence electrons. The number of hydrogen-bond donors (Lipinski definition) is 1. The molecule has 2 aliphatic rings. The lowest BCUT2D eigenvalue weighted by Gasteiger charge is -2.37. The Morgan fingerprint density at radius 2 is 1.67 bits per heavy atom. The number of nitrogens with zero attached hydrogens (tertiary/aromatic N) is 4. The molecule has 0 radical (unpaired) electrons. The predicted molar refractivity (Wildman–Crippen MR) is 179 cm³/mol. The summed E-state index contributed by atoms with van der Waals surface area (Å²) in [6.07, 6.45) is 3.11. The van der Waals surface area contributed by atoms with E-state index in [1.807, 2.05) is 18.3 Å². The summed E-state index contributed by atoms with van der Waals surface area (Å²) >= 11 is 13.1. The average molecular weight is 598 g/mol. The van der Waals surface area contributed by atoms with Crippen molar-refractivity contribution in [3.05, 3.63) is 106 Å². The Balaban J connectivity index is 1.45. The number of nitrogens with one attached hydrogen (secondary N) is 1. The lowest BCUT2D eigenvalue weighted by molar-refractivity contribution is 0.357. The van der Waals surface area contributed by atoms with Gasteiger partial charge in [-0.1, -0.05) is 43.6 Å². The van der Waals surface area contributed by atoms with Gasteiger partial charge in [-0.25, -0.2) is 0 Å². The van der Waals surface area contributed by atoms with Gasteiger partial charge in [0.2, 0.25) is 0 Å². The fourth-order valence-corrected chi connectivity index (χ4v) is 7.79. The Hall–Kier alpha value is -3.35. The quantitative estimate of drug-likeness (QED) is 0.234. The summed E-state index contributed by atoms with van der Waals surface area (Å²) in [5.41, 5.74) is 10.4. The lowest BCUT2D eigenvalue weighted by Crippen LogP contribution is -2.38. The largest absolute Gasteiger partial charge is 0.370 e. The Labute approximate surface area is 260 Å². The van der Waals surface area contributed by atoms with Crippen LogP contribution in [0.1, 0.15) is 66.1 Å². The summed E-state index contributed by atoms with van der Waals surface area (Å²) in [5.74, 6) is 1.30. The fourth-order valence-electron chi connectivity index (χ4n) is 7.15. The molecule has 2 aromatic heterocycles. The summed E-state index contributed by atoms with van der Waals surface area (Å²) in [6, 6.07) is 21.1. The van der Waals surface area contributed by atoms with E-state index in [2.05, 4.69) is 110 Å². The highest BCUT2D eigenvalue weighted by Crippen LogP contribution is 2.45. The van der Waals surface area contributed by atoms with E-state index >= 15 is 0 Å². The van der Waals surface area contributed by atoms with Crippen molar-refractivity contribution >= 4 is 40.3 Å². The van der Waals surface area contributed by atoms with Gasteiger partial charge in [-0.2, -0.15) is 0 Å². The maximum Gasteiger partial charge on any atom is 0.174 e. The standard InChI is InChI=1S/C35H40ClN5S/c1-21-16-22(2)20-39(19-21)32-14-13-27(18-29(32)36)41-34(33(38-35(41)42)30-11-7-8-15-37-30)28-17-24(4)40(26(28)6)31-12-9-10-23(3)25(31)5/h7-15,17-18,21-22,33-34H,16,19-20H2,1-6H3,(H,38,42)/t21-,22+,33-,34+/m1/s1. The van der Waals surface area contributed by atoms with Gasteiger partial charge >= 0.3 is 0 Å². The van der Waals surface area contributed by atoms with Crippen LogP contribution in [0.15, 0.2) is 66.9 Å². The molecule has 0 saturated carbocycles. The van der Waals surface area contributed by atoms with Crippen LogP contribution in [-0.2, 0) is 0 Å². The first-order valence-corrected chi connectivity index (χ1v) is 15.7. The summed E-state index contributed by atoms with van der Waals surface area (Å²) in [5, 5.41) is 5.06. The summed E-state index contributed by atoms with van der Waals surface area (Å²) < 4.78 is 2.38. The number of benzene rings is 2. The van der Waals surface area contributed by atoms with Crippen LogP contribution in [0, 0.1) is 39.5 Å². The zero-order valence-electron chi connectivity index (χ0n) is 25.4. The third-order valence-corrected chi connectivity index (χ3v) is 9.74. The molecule has 0 aliphatic carbocycles. The monoisotopic (exact) mass is 597 g/mol. The highest BCUT2D eigenvalue weighted by atomic mass is 35.5. The molecule has 5 nitrogen and oxygen atoms in total. The Kier molecular flexibility index (Phi) is 7.79. The SMILES string of the molecule is Cc1cccc(-n2c(C)cc([C@H]3[C@@H](c4ccccn4)NC(=S)N3c3ccc(N4C[C@H](C)C[C@H](C)C4)c(Cl)c3)c2C)c1C. The molecular weight excluding hydrogens is 558 g/mol. The fraction of sp³-hybridized carbons (Fsp3) is 0.371. The van der Waals surface area contributed by atoms with Crippen LogP contribution in [0.4, 0.5) is 11.4 Å². The van der Waals surface area contributed by atoms with Crippen molar-refractivity contribution in [2.24, 2.45) is 11.8 Å². The van der Waals surface area contributed by atoms with E-state index in [9.17, 15) is 0 Å². The number of rotatable bonds is 5. The number of hydrogen-bond acceptors (Lipinski definition) is 3. The third kappa shape index (κ3) is 5.09. The van der Waals surface area contributed by atoms with Gasteiger partial charge in [0.15, 0.2) is 5.11 Å². The predicted octanol–water partition coefficient (Wildman–Crippen LogP) is 8.42. The number of halogens is 1. The molecule has 0 unspecified atom stereocenters. The highest BCUT2D eigenvalue weighted by Gasteiger charge is 2.42. The molecule has 2 saturated heterocycles. The highest BCUT2D eigenvalue weighted by molar-refractivity contribution is 7.80. The van der Waals surface area contributed by atoms with Crippen molar-refractivity contribution in [2.75, 3.05) is 22.9 Å². The first kappa shape index (κ1) is 28.8. The van der Waals surface area contributed by atoms with Gasteiger partial charge in [0, 0.05) is 42.0 Å². The Morgan fingerprint density at radius 1 is 0.905 bits per heavy atom. The van der Waals surface area contributed by atoms with Crippen LogP contribution >= 0.6 is 23.8 Å². The molecule has 7 heteroatoms. The molecular formula is C35H40ClN5S. The first-order valence-electron chi connectivity index (χ1n) is 14.9. The molecule has 0 spiro atoms. The van der Waals surface area contributed by atoms with Gasteiger partial charge in [0.25, 0.3) is 0 Å². The van der Waals surface area contributed by atoms with Gasteiger partial charge in [-0.05, 0) is 117 Å². The zero-order chi connectivity index (χ0) is 29.7. The van der Waals surface area contributed by atoms with Gasteiger partial charge in [-0.3, -0.25) is 4.98 Å². The lowest BCUT2D eigenvalue weighted by atomic mass is 9.91. The maximum absolute atomic E-state index is 7.06. The van der Waals surface area contributed by atoms with Crippen molar-refractivity contribution in [3.8, 4) is 5.69 Å². The van der Waals surface area contributed by atoms with E-state index in [4.69, 9.17) is 28.8 Å². The summed E-state index contributed by atoms with van der Waals surface area (Å²) in [6.45, 7) is 15.5. The molecule has 42 heavy (non-hydrogen) atoms. The summed E-state index contributed by atoms with van der Waals surface area (Å²) in [4.78, 5) is 9.44. The third-order valence-electron chi connectivity index (χ3n) is 9.12. The molecule has 4 atom stereocenters. The van der Waals surface area contributed by atoms with Gasteiger partial charge in [0.05, 0.1) is 28.5 Å². The van der Waals surface area contributed by atoms with Crippen molar-refractivity contribution in [1.82, 2.24) is 14.9 Å². The number of pyridine rings is 1. The van der Waals surface area contributed by atoms with E-state index in [-0.39, 0.29) is 12.1 Å². The average Bonchev–Trinajstić information content (AvgIpc) is 3.45. The van der Waals surface area contributed by atoms with Crippen LogP contribution in [0.25, 0.3) is 5.69 Å². The minimum atomic E-state index is -0.117. The van der Waals surface area contributed by atoms with Gasteiger partial charge in [-0.15, -0.1) is 0 Å². The number of aryl methyl sites for hydroxylation is 2. The molecule has 0 amide bonds. The Bertz CT molecular complexity index is 1620.